The first-order valence-corrected chi connectivity index (χ1v) is 12.4. The highest BCUT2D eigenvalue weighted by molar-refractivity contribution is 7.92. The van der Waals surface area contributed by atoms with Gasteiger partial charge in [0.2, 0.25) is 15.9 Å². The normalized spacial score (nSPS) is 35.0. The summed E-state index contributed by atoms with van der Waals surface area (Å²) < 4.78 is 25.3. The second kappa shape index (κ2) is 9.80. The Bertz CT molecular complexity index is 702. The Kier molecular flexibility index (Phi) is 7.86. The molecular weight excluding hydrogens is 439 g/mol. The molecule has 0 spiro atoms. The molecule has 1 saturated carbocycles. The third-order valence-electron chi connectivity index (χ3n) is 6.20. The van der Waals surface area contributed by atoms with Gasteiger partial charge in [0.1, 0.15) is 0 Å². The number of piperazine rings is 1. The number of sulfonamides is 1. The summed E-state index contributed by atoms with van der Waals surface area (Å²) in [4.78, 5) is 16.6. The Morgan fingerprint density at radius 1 is 1.14 bits per heavy atom. The quantitative estimate of drug-likeness (QED) is 0.533. The van der Waals surface area contributed by atoms with Crippen LogP contribution in [0.4, 0.5) is 0 Å². The third-order valence-corrected chi connectivity index (χ3v) is 8.76. The van der Waals surface area contributed by atoms with E-state index in [1.165, 1.54) is 4.31 Å². The highest BCUT2D eigenvalue weighted by atomic mass is 35.5. The summed E-state index contributed by atoms with van der Waals surface area (Å²) in [6.07, 6.45) is 1.14. The predicted octanol–water partition coefficient (Wildman–Crippen LogP) is 0.00590. The summed E-state index contributed by atoms with van der Waals surface area (Å²) in [6, 6.07) is -0.0457. The summed E-state index contributed by atoms with van der Waals surface area (Å²) in [5.74, 6) is -0.00162. The molecule has 3 rings (SSSR count). The smallest absolute Gasteiger partial charge is 0.236 e. The molecule has 2 aliphatic heterocycles. The number of aliphatic hydroxyl groups excluding tert-OH is 1. The minimum atomic E-state index is -3.36. The minimum Gasteiger partial charge on any atom is -0.391 e. The molecule has 1 amide bonds. The van der Waals surface area contributed by atoms with E-state index in [2.05, 4.69) is 16.8 Å². The van der Waals surface area contributed by atoms with Crippen LogP contribution in [0.5, 0.6) is 0 Å². The van der Waals surface area contributed by atoms with Gasteiger partial charge in [0.05, 0.1) is 23.4 Å². The van der Waals surface area contributed by atoms with Gasteiger partial charge < -0.3 is 15.3 Å². The lowest BCUT2D eigenvalue weighted by Crippen LogP contribution is -2.55. The molecule has 0 radical (unpaired) electrons. The van der Waals surface area contributed by atoms with Crippen LogP contribution in [-0.2, 0) is 14.8 Å². The van der Waals surface area contributed by atoms with Crippen molar-refractivity contribution in [2.24, 2.45) is 0 Å². The van der Waals surface area contributed by atoms with Gasteiger partial charge in [-0.05, 0) is 19.3 Å². The first-order chi connectivity index (χ1) is 13.7. The lowest BCUT2D eigenvalue weighted by atomic mass is 9.91. The maximum atomic E-state index is 12.5. The Labute approximate surface area is 182 Å². The molecule has 0 bridgehead atoms. The summed E-state index contributed by atoms with van der Waals surface area (Å²) in [6.45, 7) is 7.20. The average molecular weight is 469 g/mol. The largest absolute Gasteiger partial charge is 0.391 e. The number of carbonyl (C=O) groups excluding carboxylic acids is 1. The fourth-order valence-corrected chi connectivity index (χ4v) is 5.85. The number of amides is 1. The van der Waals surface area contributed by atoms with Crippen molar-refractivity contribution in [2.45, 2.75) is 48.2 Å². The summed E-state index contributed by atoms with van der Waals surface area (Å²) in [5, 5.41) is 13.8. The van der Waals surface area contributed by atoms with Crippen molar-refractivity contribution >= 4 is 39.1 Å². The minimum absolute atomic E-state index is 0.00162. The van der Waals surface area contributed by atoms with Crippen LogP contribution in [0.25, 0.3) is 0 Å². The number of rotatable bonds is 6. The molecule has 1 aliphatic carbocycles. The van der Waals surface area contributed by atoms with Crippen LogP contribution >= 0.6 is 23.2 Å². The maximum Gasteiger partial charge on any atom is 0.236 e. The van der Waals surface area contributed by atoms with Gasteiger partial charge in [-0.15, -0.1) is 23.2 Å². The van der Waals surface area contributed by atoms with Crippen LogP contribution in [0.1, 0.15) is 19.3 Å². The van der Waals surface area contributed by atoms with Gasteiger partial charge in [0.25, 0.3) is 0 Å². The highest BCUT2D eigenvalue weighted by Crippen LogP contribution is 2.28. The first kappa shape index (κ1) is 23.2. The van der Waals surface area contributed by atoms with E-state index in [9.17, 15) is 18.3 Å². The number of nitrogens with one attached hydrogen (secondary N) is 1. The zero-order chi connectivity index (χ0) is 21.2. The molecule has 5 atom stereocenters. The summed E-state index contributed by atoms with van der Waals surface area (Å²) in [7, 11) is -3.36. The first-order valence-electron chi connectivity index (χ1n) is 10.0. The molecule has 3 aliphatic rings. The van der Waals surface area contributed by atoms with E-state index in [4.69, 9.17) is 23.2 Å². The van der Waals surface area contributed by atoms with E-state index >= 15 is 0 Å². The topological polar surface area (TPSA) is 93.2 Å². The SMILES string of the molecule is C=CS(=O)(=O)N1CCC(N2CCN(C(=O)CNC3CC(Cl)C(Cl)CC3O)CC2)C1. The second-order valence-electron chi connectivity index (χ2n) is 7.99. The molecule has 0 aromatic heterocycles. The maximum absolute atomic E-state index is 12.5. The number of halogens is 2. The van der Waals surface area contributed by atoms with E-state index in [1.54, 1.807) is 0 Å². The van der Waals surface area contributed by atoms with Crippen LogP contribution < -0.4 is 5.32 Å². The molecule has 2 N–H and O–H groups in total. The number of nitrogens with zero attached hydrogens (tertiary/aromatic N) is 3. The van der Waals surface area contributed by atoms with Crippen LogP contribution in [0.3, 0.4) is 0 Å². The molecule has 166 valence electrons. The standard InChI is InChI=1S/C18H30Cl2N4O4S/c1-2-29(27,28)24-4-3-13(12-24)22-5-7-23(8-6-22)18(26)11-21-16-9-14(19)15(20)10-17(16)25/h2,13-17,21,25H,1,3-12H2. The van der Waals surface area contributed by atoms with Crippen molar-refractivity contribution in [3.05, 3.63) is 12.0 Å². The Morgan fingerprint density at radius 3 is 2.45 bits per heavy atom. The lowest BCUT2D eigenvalue weighted by molar-refractivity contribution is -0.132. The summed E-state index contributed by atoms with van der Waals surface area (Å²) in [5.41, 5.74) is 0. The highest BCUT2D eigenvalue weighted by Gasteiger charge is 2.36. The number of hydrogen-bond acceptors (Lipinski definition) is 6. The lowest BCUT2D eigenvalue weighted by Gasteiger charge is -2.38. The van der Waals surface area contributed by atoms with Gasteiger partial charge in [0.15, 0.2) is 0 Å². The molecule has 3 fully saturated rings. The number of hydrogen-bond donors (Lipinski definition) is 2. The van der Waals surface area contributed by atoms with E-state index in [-0.39, 0.29) is 35.3 Å². The van der Waals surface area contributed by atoms with Gasteiger partial charge >= 0.3 is 0 Å². The molecule has 8 nitrogen and oxygen atoms in total. The van der Waals surface area contributed by atoms with Crippen LogP contribution in [0.15, 0.2) is 12.0 Å². The number of aliphatic hydroxyl groups is 1. The van der Waals surface area contributed by atoms with Crippen LogP contribution in [0, 0.1) is 0 Å². The average Bonchev–Trinajstić information content (AvgIpc) is 3.21. The second-order valence-corrected chi connectivity index (χ2v) is 11.0. The van der Waals surface area contributed by atoms with Gasteiger partial charge in [0, 0.05) is 56.8 Å². The molecule has 5 unspecified atom stereocenters. The Balaban J connectivity index is 1.41. The van der Waals surface area contributed by atoms with Crippen molar-refractivity contribution in [1.29, 1.82) is 0 Å². The van der Waals surface area contributed by atoms with E-state index in [0.717, 1.165) is 24.9 Å². The van der Waals surface area contributed by atoms with Crippen LogP contribution in [0.2, 0.25) is 0 Å². The Hall–Kier alpha value is -0.420. The monoisotopic (exact) mass is 468 g/mol. The van der Waals surface area contributed by atoms with E-state index < -0.39 is 16.1 Å². The van der Waals surface area contributed by atoms with Gasteiger partial charge in [-0.1, -0.05) is 6.58 Å². The van der Waals surface area contributed by atoms with Crippen molar-refractivity contribution in [2.75, 3.05) is 45.8 Å². The third kappa shape index (κ3) is 5.64. The fourth-order valence-electron chi connectivity index (χ4n) is 4.32. The van der Waals surface area contributed by atoms with Gasteiger partial charge in [-0.2, -0.15) is 4.31 Å². The summed E-state index contributed by atoms with van der Waals surface area (Å²) >= 11 is 12.3. The molecular formula is C18H30Cl2N4O4S. The van der Waals surface area contributed by atoms with Crippen molar-refractivity contribution in [3.8, 4) is 0 Å². The van der Waals surface area contributed by atoms with Crippen LogP contribution in [-0.4, -0.2) is 108 Å². The fraction of sp³-hybridized carbons (Fsp3) is 0.833. The Morgan fingerprint density at radius 2 is 1.79 bits per heavy atom. The van der Waals surface area contributed by atoms with Crippen molar-refractivity contribution in [1.82, 2.24) is 19.4 Å². The van der Waals surface area contributed by atoms with Crippen molar-refractivity contribution in [3.63, 3.8) is 0 Å². The number of alkyl halides is 2. The zero-order valence-corrected chi connectivity index (χ0v) is 18.7. The molecule has 2 saturated heterocycles. The molecule has 0 aromatic rings. The van der Waals surface area contributed by atoms with E-state index in [0.29, 0.717) is 39.0 Å². The predicted molar refractivity (Wildman–Crippen MR) is 114 cm³/mol. The number of carbonyl (C=O) groups is 1. The molecule has 11 heteroatoms. The zero-order valence-electron chi connectivity index (χ0n) is 16.4. The van der Waals surface area contributed by atoms with Crippen molar-refractivity contribution < 1.29 is 18.3 Å². The molecule has 29 heavy (non-hydrogen) atoms. The molecule has 0 aromatic carbocycles. The van der Waals surface area contributed by atoms with Gasteiger partial charge in [-0.3, -0.25) is 9.69 Å². The van der Waals surface area contributed by atoms with E-state index in [1.807, 2.05) is 4.90 Å². The van der Waals surface area contributed by atoms with Gasteiger partial charge in [-0.25, -0.2) is 8.42 Å². The molecule has 2 heterocycles.